The summed E-state index contributed by atoms with van der Waals surface area (Å²) in [6.07, 6.45) is 5.48. The quantitative estimate of drug-likeness (QED) is 0.826. The van der Waals surface area contributed by atoms with Gasteiger partial charge in [-0.15, -0.1) is 16.9 Å². The van der Waals surface area contributed by atoms with Crippen molar-refractivity contribution in [2.24, 2.45) is 0 Å². The molecule has 1 heterocycles. The highest BCUT2D eigenvalue weighted by Gasteiger charge is 2.11. The molecule has 0 bridgehead atoms. The lowest BCUT2D eigenvalue weighted by molar-refractivity contribution is 0.0690. The molecular weight excluding hydrogens is 250 g/mol. The number of aromatic carboxylic acids is 1. The van der Waals surface area contributed by atoms with E-state index >= 15 is 0 Å². The molecule has 2 rings (SSSR count). The van der Waals surface area contributed by atoms with Crippen LogP contribution in [0.1, 0.15) is 21.7 Å². The number of hydrogen-bond donors (Lipinski definition) is 2. The molecule has 0 aliphatic carbocycles. The topological polar surface area (TPSA) is 78.9 Å². The largest absolute Gasteiger partial charge is 0.476 e. The minimum Gasteiger partial charge on any atom is -0.476 e. The van der Waals surface area contributed by atoms with Crippen LogP contribution >= 0.6 is 11.8 Å². The van der Waals surface area contributed by atoms with Gasteiger partial charge in [0.1, 0.15) is 0 Å². The first-order chi connectivity index (χ1) is 8.70. The van der Waals surface area contributed by atoms with Crippen molar-refractivity contribution < 1.29 is 9.90 Å². The number of thioether (sulfide) groups is 1. The fourth-order valence-corrected chi connectivity index (χ4v) is 1.81. The van der Waals surface area contributed by atoms with E-state index in [1.165, 1.54) is 4.90 Å². The number of nitrogens with zero attached hydrogens (tertiary/aromatic N) is 2. The van der Waals surface area contributed by atoms with Gasteiger partial charge in [0.2, 0.25) is 0 Å². The summed E-state index contributed by atoms with van der Waals surface area (Å²) in [5.74, 6) is -1.10. The van der Waals surface area contributed by atoms with E-state index in [-0.39, 0.29) is 5.69 Å². The summed E-state index contributed by atoms with van der Waals surface area (Å²) >= 11 is 1.67. The molecule has 0 saturated heterocycles. The average Bonchev–Trinajstić information content (AvgIpc) is 2.85. The van der Waals surface area contributed by atoms with Crippen molar-refractivity contribution in [2.45, 2.75) is 4.90 Å². The number of carboxylic acids is 1. The molecule has 0 radical (unpaired) electrons. The highest BCUT2D eigenvalue weighted by atomic mass is 32.2. The molecule has 92 valence electrons. The van der Waals surface area contributed by atoms with Gasteiger partial charge in [-0.25, -0.2) is 4.79 Å². The van der Waals surface area contributed by atoms with Crippen LogP contribution in [0.2, 0.25) is 0 Å². The molecule has 0 aliphatic heterocycles. The van der Waals surface area contributed by atoms with Crippen LogP contribution in [0.4, 0.5) is 0 Å². The normalized spacial score (nSPS) is 10.9. The highest BCUT2D eigenvalue weighted by molar-refractivity contribution is 7.98. The van der Waals surface area contributed by atoms with Crippen molar-refractivity contribution >= 4 is 29.9 Å². The molecule has 18 heavy (non-hydrogen) atoms. The van der Waals surface area contributed by atoms with Gasteiger partial charge in [-0.2, -0.15) is 0 Å². The van der Waals surface area contributed by atoms with Crippen LogP contribution in [-0.2, 0) is 0 Å². The van der Waals surface area contributed by atoms with E-state index < -0.39 is 5.97 Å². The molecule has 1 aromatic heterocycles. The smallest absolute Gasteiger partial charge is 0.358 e. The molecular formula is C12H11N3O2S. The van der Waals surface area contributed by atoms with Crippen molar-refractivity contribution in [3.8, 4) is 0 Å². The highest BCUT2D eigenvalue weighted by Crippen LogP contribution is 2.16. The molecule has 1 aromatic carbocycles. The summed E-state index contributed by atoms with van der Waals surface area (Å²) in [4.78, 5) is 12.0. The van der Waals surface area contributed by atoms with E-state index in [1.807, 2.05) is 36.6 Å². The molecule has 0 atom stereocenters. The first kappa shape index (κ1) is 12.4. The molecule has 5 nitrogen and oxygen atoms in total. The minimum absolute atomic E-state index is 0.0769. The van der Waals surface area contributed by atoms with Crippen LogP contribution in [0.3, 0.4) is 0 Å². The van der Waals surface area contributed by atoms with Gasteiger partial charge in [0.05, 0.1) is 5.69 Å². The lowest BCUT2D eigenvalue weighted by Gasteiger charge is -1.96. The first-order valence-electron chi connectivity index (χ1n) is 5.17. The number of hydrogen-bond acceptors (Lipinski definition) is 4. The Labute approximate surface area is 108 Å². The van der Waals surface area contributed by atoms with Crippen LogP contribution in [0, 0.1) is 0 Å². The zero-order chi connectivity index (χ0) is 13.0. The monoisotopic (exact) mass is 261 g/mol. The maximum atomic E-state index is 10.8. The Kier molecular flexibility index (Phi) is 3.78. The third kappa shape index (κ3) is 2.78. The van der Waals surface area contributed by atoms with E-state index in [9.17, 15) is 4.79 Å². The van der Waals surface area contributed by atoms with Gasteiger partial charge in [0.25, 0.3) is 0 Å². The molecule has 0 amide bonds. The average molecular weight is 261 g/mol. The van der Waals surface area contributed by atoms with Gasteiger partial charge >= 0.3 is 5.97 Å². The van der Waals surface area contributed by atoms with Gasteiger partial charge in [0, 0.05) is 4.90 Å². The van der Waals surface area contributed by atoms with Crippen molar-refractivity contribution in [1.82, 2.24) is 15.4 Å². The first-order valence-corrected chi connectivity index (χ1v) is 6.39. The maximum Gasteiger partial charge on any atom is 0.358 e. The molecule has 6 heteroatoms. The van der Waals surface area contributed by atoms with E-state index in [0.29, 0.717) is 5.69 Å². The zero-order valence-electron chi connectivity index (χ0n) is 9.62. The summed E-state index contributed by atoms with van der Waals surface area (Å²) in [5, 5.41) is 18.4. The molecule has 2 N–H and O–H groups in total. The third-order valence-electron chi connectivity index (χ3n) is 2.34. The number of carboxylic acid groups (broad SMARTS) is 1. The second kappa shape index (κ2) is 5.50. The van der Waals surface area contributed by atoms with Crippen molar-refractivity contribution in [3.05, 3.63) is 41.2 Å². The number of H-pyrrole nitrogens is 1. The molecule has 0 aliphatic rings. The third-order valence-corrected chi connectivity index (χ3v) is 3.08. The van der Waals surface area contributed by atoms with Crippen molar-refractivity contribution in [1.29, 1.82) is 0 Å². The van der Waals surface area contributed by atoms with Crippen molar-refractivity contribution in [3.63, 3.8) is 0 Å². The van der Waals surface area contributed by atoms with E-state index in [1.54, 1.807) is 17.8 Å². The summed E-state index contributed by atoms with van der Waals surface area (Å²) in [6.45, 7) is 0. The minimum atomic E-state index is -1.10. The predicted molar refractivity (Wildman–Crippen MR) is 70.5 cm³/mol. The second-order valence-corrected chi connectivity index (χ2v) is 4.37. The summed E-state index contributed by atoms with van der Waals surface area (Å²) in [6, 6.07) is 7.94. The van der Waals surface area contributed by atoms with Crippen LogP contribution in [0.15, 0.2) is 29.2 Å². The van der Waals surface area contributed by atoms with Gasteiger partial charge in [-0.1, -0.05) is 23.4 Å². The Hall–Kier alpha value is -2.08. The maximum absolute atomic E-state index is 10.8. The number of benzene rings is 1. The number of carbonyl (C=O) groups is 1. The Bertz CT molecular complexity index is 575. The van der Waals surface area contributed by atoms with Gasteiger partial charge in [0.15, 0.2) is 5.69 Å². The summed E-state index contributed by atoms with van der Waals surface area (Å²) in [5.41, 5.74) is 1.29. The standard InChI is InChI=1S/C12H11N3O2S/c1-18-9-5-2-8(3-6-9)4-7-10-11(12(16)17)14-15-13-10/h2-7H,1H3,(H,16,17)(H,13,14,15). The van der Waals surface area contributed by atoms with Gasteiger partial charge in [-0.05, 0) is 30.0 Å². The van der Waals surface area contributed by atoms with Crippen LogP contribution in [-0.4, -0.2) is 32.7 Å². The Morgan fingerprint density at radius 2 is 2.06 bits per heavy atom. The van der Waals surface area contributed by atoms with E-state index in [4.69, 9.17) is 5.11 Å². The van der Waals surface area contributed by atoms with Gasteiger partial charge < -0.3 is 5.11 Å². The van der Waals surface area contributed by atoms with Crippen molar-refractivity contribution in [2.75, 3.05) is 6.26 Å². The molecule has 0 spiro atoms. The Morgan fingerprint density at radius 3 is 2.67 bits per heavy atom. The fraction of sp³-hybridized carbons (Fsp3) is 0.0833. The Morgan fingerprint density at radius 1 is 1.33 bits per heavy atom. The predicted octanol–water partition coefficient (Wildman–Crippen LogP) is 2.40. The van der Waals surface area contributed by atoms with E-state index in [0.717, 1.165) is 5.56 Å². The lowest BCUT2D eigenvalue weighted by Crippen LogP contribution is -1.98. The van der Waals surface area contributed by atoms with E-state index in [2.05, 4.69) is 15.4 Å². The molecule has 0 unspecified atom stereocenters. The Balaban J connectivity index is 2.19. The number of aromatic amines is 1. The molecule has 2 aromatic rings. The summed E-state index contributed by atoms with van der Waals surface area (Å²) < 4.78 is 0. The lowest BCUT2D eigenvalue weighted by atomic mass is 10.2. The molecule has 0 fully saturated rings. The van der Waals surface area contributed by atoms with Crippen LogP contribution in [0.5, 0.6) is 0 Å². The van der Waals surface area contributed by atoms with Crippen LogP contribution < -0.4 is 0 Å². The zero-order valence-corrected chi connectivity index (χ0v) is 10.4. The van der Waals surface area contributed by atoms with Crippen LogP contribution in [0.25, 0.3) is 12.2 Å². The fourth-order valence-electron chi connectivity index (χ4n) is 1.40. The SMILES string of the molecule is CSc1ccc(C=Cc2[nH]nnc2C(=O)O)cc1. The number of rotatable bonds is 4. The number of nitrogens with one attached hydrogen (secondary N) is 1. The number of aromatic nitrogens is 3. The van der Waals surface area contributed by atoms with Gasteiger partial charge in [-0.3, -0.25) is 5.10 Å². The summed E-state index contributed by atoms with van der Waals surface area (Å²) in [7, 11) is 0. The molecule has 0 saturated carbocycles. The second-order valence-electron chi connectivity index (χ2n) is 3.49.